The van der Waals surface area contributed by atoms with Gasteiger partial charge >= 0.3 is 5.97 Å². The van der Waals surface area contributed by atoms with Crippen molar-refractivity contribution in [2.24, 2.45) is 7.05 Å². The summed E-state index contributed by atoms with van der Waals surface area (Å²) in [5.41, 5.74) is 2.79. The van der Waals surface area contributed by atoms with E-state index in [1.165, 1.54) is 13.2 Å². The molecule has 24 heavy (non-hydrogen) atoms. The number of methoxy groups -OCH3 is 1. The first-order chi connectivity index (χ1) is 11.5. The van der Waals surface area contributed by atoms with Crippen molar-refractivity contribution in [2.45, 2.75) is 19.4 Å². The maximum absolute atomic E-state index is 12.2. The van der Waals surface area contributed by atoms with E-state index in [1.54, 1.807) is 30.2 Å². The van der Waals surface area contributed by atoms with Crippen LogP contribution in [-0.4, -0.2) is 28.8 Å². The van der Waals surface area contributed by atoms with E-state index < -0.39 is 6.04 Å². The molecule has 1 N–H and O–H groups in total. The Morgan fingerprint density at radius 1 is 1.33 bits per heavy atom. The van der Waals surface area contributed by atoms with Gasteiger partial charge in [0, 0.05) is 24.9 Å². The molecule has 0 aliphatic heterocycles. The topological polar surface area (TPSA) is 73.2 Å². The van der Waals surface area contributed by atoms with Gasteiger partial charge in [0.25, 0.3) is 0 Å². The van der Waals surface area contributed by atoms with Crippen molar-refractivity contribution < 1.29 is 14.3 Å². The van der Waals surface area contributed by atoms with Crippen molar-refractivity contribution >= 4 is 18.0 Å². The summed E-state index contributed by atoms with van der Waals surface area (Å²) >= 11 is 0. The monoisotopic (exact) mass is 327 g/mol. The standard InChI is InChI=1S/C18H21N3O3/c1-13-4-7-15(8-5-13)16(10-18(23)24-3)20-17(22)9-6-14-11-19-21(2)12-14/h4-9,11-12,16H,10H2,1-3H3,(H,20,22)/b9-6-/t16-/m1/s1. The minimum absolute atomic E-state index is 0.0754. The average Bonchev–Trinajstić information content (AvgIpc) is 2.98. The minimum atomic E-state index is -0.441. The SMILES string of the molecule is COC(=O)C[C@@H](NC(=O)/C=C\c1cnn(C)c1)c1ccc(C)cc1. The van der Waals surface area contributed by atoms with Crippen molar-refractivity contribution in [1.29, 1.82) is 0 Å². The number of hydrogen-bond donors (Lipinski definition) is 1. The number of nitrogens with zero attached hydrogens (tertiary/aromatic N) is 2. The van der Waals surface area contributed by atoms with Crippen molar-refractivity contribution in [3.63, 3.8) is 0 Å². The molecule has 0 spiro atoms. The zero-order chi connectivity index (χ0) is 17.5. The van der Waals surface area contributed by atoms with E-state index >= 15 is 0 Å². The van der Waals surface area contributed by atoms with Crippen LogP contribution in [0.15, 0.2) is 42.7 Å². The second-order valence-corrected chi connectivity index (χ2v) is 5.53. The molecule has 0 fully saturated rings. The first-order valence-electron chi connectivity index (χ1n) is 7.58. The van der Waals surface area contributed by atoms with Crippen molar-refractivity contribution in [3.05, 3.63) is 59.4 Å². The van der Waals surface area contributed by atoms with E-state index in [-0.39, 0.29) is 18.3 Å². The van der Waals surface area contributed by atoms with E-state index in [0.717, 1.165) is 16.7 Å². The van der Waals surface area contributed by atoms with Crippen LogP contribution in [0.1, 0.15) is 29.2 Å². The molecule has 6 heteroatoms. The lowest BCUT2D eigenvalue weighted by Gasteiger charge is -2.17. The summed E-state index contributed by atoms with van der Waals surface area (Å²) in [4.78, 5) is 23.8. The van der Waals surface area contributed by atoms with Gasteiger partial charge in [-0.2, -0.15) is 5.10 Å². The maximum Gasteiger partial charge on any atom is 0.307 e. The third-order valence-corrected chi connectivity index (χ3v) is 3.55. The van der Waals surface area contributed by atoms with Crippen LogP contribution in [0.4, 0.5) is 0 Å². The van der Waals surface area contributed by atoms with Crippen molar-refractivity contribution in [2.75, 3.05) is 7.11 Å². The van der Waals surface area contributed by atoms with E-state index in [0.29, 0.717) is 0 Å². The van der Waals surface area contributed by atoms with Crippen LogP contribution >= 0.6 is 0 Å². The molecule has 2 rings (SSSR count). The Bertz CT molecular complexity index is 732. The Hall–Kier alpha value is -2.89. The molecule has 0 saturated heterocycles. The van der Waals surface area contributed by atoms with Crippen LogP contribution in [0.3, 0.4) is 0 Å². The average molecular weight is 327 g/mol. The first-order valence-corrected chi connectivity index (χ1v) is 7.58. The lowest BCUT2D eigenvalue weighted by molar-refractivity contribution is -0.141. The number of nitrogens with one attached hydrogen (secondary N) is 1. The summed E-state index contributed by atoms with van der Waals surface area (Å²) in [5.74, 6) is -0.662. The number of carbonyl (C=O) groups is 2. The molecule has 1 atom stereocenters. The molecule has 0 aliphatic rings. The van der Waals surface area contributed by atoms with Crippen LogP contribution in [0.2, 0.25) is 0 Å². The number of amides is 1. The quantitative estimate of drug-likeness (QED) is 0.652. The highest BCUT2D eigenvalue weighted by Gasteiger charge is 2.18. The maximum atomic E-state index is 12.2. The lowest BCUT2D eigenvalue weighted by Crippen LogP contribution is -2.29. The highest BCUT2D eigenvalue weighted by molar-refractivity contribution is 5.92. The van der Waals surface area contributed by atoms with Gasteiger partial charge in [0.05, 0.1) is 25.8 Å². The molecule has 0 bridgehead atoms. The Labute approximate surface area is 141 Å². The molecule has 1 aromatic heterocycles. The molecule has 0 radical (unpaired) electrons. The zero-order valence-electron chi connectivity index (χ0n) is 14.0. The summed E-state index contributed by atoms with van der Waals surface area (Å²) in [6, 6.07) is 7.24. The van der Waals surface area contributed by atoms with Gasteiger partial charge in [-0.1, -0.05) is 29.8 Å². The molecule has 0 saturated carbocycles. The van der Waals surface area contributed by atoms with E-state index in [4.69, 9.17) is 4.74 Å². The minimum Gasteiger partial charge on any atom is -0.469 e. The number of rotatable bonds is 6. The highest BCUT2D eigenvalue weighted by atomic mass is 16.5. The number of aromatic nitrogens is 2. The predicted octanol–water partition coefficient (Wildman–Crippen LogP) is 2.16. The molecule has 1 heterocycles. The van der Waals surface area contributed by atoms with Crippen LogP contribution in [0.25, 0.3) is 6.08 Å². The zero-order valence-corrected chi connectivity index (χ0v) is 14.0. The number of benzene rings is 1. The normalized spacial score (nSPS) is 12.1. The number of carbonyl (C=O) groups excluding carboxylic acids is 2. The Morgan fingerprint density at radius 3 is 2.62 bits per heavy atom. The Kier molecular flexibility index (Phi) is 5.89. The third-order valence-electron chi connectivity index (χ3n) is 3.55. The van der Waals surface area contributed by atoms with Gasteiger partial charge in [-0.25, -0.2) is 0 Å². The van der Waals surface area contributed by atoms with Gasteiger partial charge in [-0.15, -0.1) is 0 Å². The molecule has 0 unspecified atom stereocenters. The van der Waals surface area contributed by atoms with Crippen molar-refractivity contribution in [1.82, 2.24) is 15.1 Å². The molecule has 126 valence electrons. The predicted molar refractivity (Wildman–Crippen MR) is 90.9 cm³/mol. The molecule has 1 amide bonds. The lowest BCUT2D eigenvalue weighted by atomic mass is 10.0. The fourth-order valence-corrected chi connectivity index (χ4v) is 2.22. The van der Waals surface area contributed by atoms with Crippen LogP contribution in [0, 0.1) is 6.92 Å². The fourth-order valence-electron chi connectivity index (χ4n) is 2.22. The second-order valence-electron chi connectivity index (χ2n) is 5.53. The van der Waals surface area contributed by atoms with E-state index in [2.05, 4.69) is 10.4 Å². The first kappa shape index (κ1) is 17.5. The summed E-state index contributed by atoms with van der Waals surface area (Å²) < 4.78 is 6.38. The number of aryl methyl sites for hydroxylation is 2. The molecule has 2 aromatic rings. The van der Waals surface area contributed by atoms with Gasteiger partial charge in [-0.3, -0.25) is 14.3 Å². The Morgan fingerprint density at radius 2 is 2.04 bits per heavy atom. The van der Waals surface area contributed by atoms with Crippen molar-refractivity contribution in [3.8, 4) is 0 Å². The van der Waals surface area contributed by atoms with E-state index in [1.807, 2.05) is 31.2 Å². The summed E-state index contributed by atoms with van der Waals surface area (Å²) in [7, 11) is 3.14. The van der Waals surface area contributed by atoms with Gasteiger partial charge in [-0.05, 0) is 18.6 Å². The molecular formula is C18H21N3O3. The largest absolute Gasteiger partial charge is 0.469 e. The second kappa shape index (κ2) is 8.10. The third kappa shape index (κ3) is 5.08. The summed E-state index contributed by atoms with van der Waals surface area (Å²) in [6.07, 6.45) is 6.64. The molecule has 1 aromatic carbocycles. The number of hydrogen-bond acceptors (Lipinski definition) is 4. The van der Waals surface area contributed by atoms with Gasteiger partial charge in [0.2, 0.25) is 5.91 Å². The fraction of sp³-hybridized carbons (Fsp3) is 0.278. The number of esters is 1. The molecular weight excluding hydrogens is 306 g/mol. The van der Waals surface area contributed by atoms with E-state index in [9.17, 15) is 9.59 Å². The van der Waals surface area contributed by atoms with Gasteiger partial charge in [0.15, 0.2) is 0 Å². The number of ether oxygens (including phenoxy) is 1. The van der Waals surface area contributed by atoms with Crippen LogP contribution in [0.5, 0.6) is 0 Å². The van der Waals surface area contributed by atoms with Crippen LogP contribution < -0.4 is 5.32 Å². The summed E-state index contributed by atoms with van der Waals surface area (Å²) in [6.45, 7) is 1.98. The highest BCUT2D eigenvalue weighted by Crippen LogP contribution is 2.18. The summed E-state index contributed by atoms with van der Waals surface area (Å²) in [5, 5.41) is 6.88. The molecule has 6 nitrogen and oxygen atoms in total. The Balaban J connectivity index is 2.09. The van der Waals surface area contributed by atoms with Crippen LogP contribution in [-0.2, 0) is 21.4 Å². The van der Waals surface area contributed by atoms with Gasteiger partial charge < -0.3 is 10.1 Å². The van der Waals surface area contributed by atoms with Gasteiger partial charge in [0.1, 0.15) is 0 Å². The molecule has 0 aliphatic carbocycles. The smallest absolute Gasteiger partial charge is 0.307 e.